The van der Waals surface area contributed by atoms with E-state index in [9.17, 15) is 22.8 Å². The molecule has 1 atom stereocenters. The van der Waals surface area contributed by atoms with Gasteiger partial charge in [0.2, 0.25) is 0 Å². The number of alkyl halides is 3. The summed E-state index contributed by atoms with van der Waals surface area (Å²) in [7, 11) is 2.52. The van der Waals surface area contributed by atoms with Gasteiger partial charge >= 0.3 is 12.1 Å². The Bertz CT molecular complexity index is 809. The predicted octanol–water partition coefficient (Wildman–Crippen LogP) is 1.84. The minimum atomic E-state index is -5.00. The summed E-state index contributed by atoms with van der Waals surface area (Å²) < 4.78 is 40.5. The van der Waals surface area contributed by atoms with Gasteiger partial charge in [0.25, 0.3) is 5.56 Å². The number of hydrogen-bond donors (Lipinski definition) is 1. The number of para-hydroxylation sites is 1. The van der Waals surface area contributed by atoms with Crippen molar-refractivity contribution in [2.24, 2.45) is 7.05 Å². The van der Waals surface area contributed by atoms with Crippen LogP contribution in [0.2, 0.25) is 0 Å². The highest BCUT2D eigenvalue weighted by molar-refractivity contribution is 5.82. The fraction of sp³-hybridized carbons (Fsp3) is 0.333. The zero-order valence-corrected chi connectivity index (χ0v) is 13.3. The fourth-order valence-corrected chi connectivity index (χ4v) is 2.56. The standard InChI is InChI=1S/C15H17F3N4O2/c1-9(20(2)14(24)15(16,17)18)12-11(19)13(23)22(21(12)3)10-7-5-4-6-8-10/h4-9H,19H2,1-3H3/t9-/m0/s1. The summed E-state index contributed by atoms with van der Waals surface area (Å²) in [5, 5.41) is 0. The van der Waals surface area contributed by atoms with Crippen molar-refractivity contribution >= 4 is 11.6 Å². The topological polar surface area (TPSA) is 73.3 Å². The van der Waals surface area contributed by atoms with E-state index in [1.807, 2.05) is 0 Å². The van der Waals surface area contributed by atoms with Crippen LogP contribution in [0.1, 0.15) is 18.7 Å². The number of carbonyl (C=O) groups excluding carboxylic acids is 1. The quantitative estimate of drug-likeness (QED) is 0.925. The number of benzene rings is 1. The number of anilines is 1. The molecule has 1 amide bonds. The predicted molar refractivity (Wildman–Crippen MR) is 82.7 cm³/mol. The molecule has 0 saturated carbocycles. The summed E-state index contributed by atoms with van der Waals surface area (Å²) in [6.07, 6.45) is -5.00. The van der Waals surface area contributed by atoms with Crippen molar-refractivity contribution < 1.29 is 18.0 Å². The number of rotatable bonds is 3. The average Bonchev–Trinajstić information content (AvgIpc) is 2.75. The molecule has 0 saturated heterocycles. The molecule has 1 aromatic carbocycles. The Morgan fingerprint density at radius 1 is 1.25 bits per heavy atom. The van der Waals surface area contributed by atoms with E-state index in [4.69, 9.17) is 5.73 Å². The number of nitrogen functional groups attached to an aromatic ring is 1. The van der Waals surface area contributed by atoms with E-state index in [2.05, 4.69) is 0 Å². The second kappa shape index (κ2) is 6.06. The zero-order valence-electron chi connectivity index (χ0n) is 13.3. The van der Waals surface area contributed by atoms with Crippen LogP contribution in [-0.4, -0.2) is 33.4 Å². The Hall–Kier alpha value is -2.71. The molecule has 1 aromatic heterocycles. The molecule has 0 spiro atoms. The molecule has 0 aliphatic heterocycles. The van der Waals surface area contributed by atoms with Crippen molar-refractivity contribution in [3.05, 3.63) is 46.4 Å². The maximum Gasteiger partial charge on any atom is 0.471 e. The maximum atomic E-state index is 12.6. The smallest absolute Gasteiger partial charge is 0.393 e. The monoisotopic (exact) mass is 342 g/mol. The van der Waals surface area contributed by atoms with Crippen LogP contribution in [0.15, 0.2) is 35.1 Å². The van der Waals surface area contributed by atoms with Gasteiger partial charge in [-0.15, -0.1) is 0 Å². The Labute approximate surface area is 135 Å². The van der Waals surface area contributed by atoms with Gasteiger partial charge in [-0.3, -0.25) is 14.3 Å². The highest BCUT2D eigenvalue weighted by Gasteiger charge is 2.43. The molecule has 2 aromatic rings. The number of hydrogen-bond acceptors (Lipinski definition) is 3. The Kier molecular flexibility index (Phi) is 4.46. The van der Waals surface area contributed by atoms with E-state index >= 15 is 0 Å². The Morgan fingerprint density at radius 3 is 2.29 bits per heavy atom. The molecule has 0 unspecified atom stereocenters. The van der Waals surface area contributed by atoms with Gasteiger partial charge in [-0.2, -0.15) is 13.2 Å². The normalized spacial score (nSPS) is 12.9. The number of nitrogens with two attached hydrogens (primary N) is 1. The van der Waals surface area contributed by atoms with Crippen molar-refractivity contribution in [1.82, 2.24) is 14.3 Å². The van der Waals surface area contributed by atoms with Gasteiger partial charge < -0.3 is 10.6 Å². The third-order valence-corrected chi connectivity index (χ3v) is 3.89. The van der Waals surface area contributed by atoms with Gasteiger partial charge in [-0.05, 0) is 19.1 Å². The fourth-order valence-electron chi connectivity index (χ4n) is 2.56. The highest BCUT2D eigenvalue weighted by atomic mass is 19.4. The lowest BCUT2D eigenvalue weighted by Gasteiger charge is -2.26. The lowest BCUT2D eigenvalue weighted by atomic mass is 10.2. The summed E-state index contributed by atoms with van der Waals surface area (Å²) in [5.74, 6) is -2.01. The lowest BCUT2D eigenvalue weighted by molar-refractivity contribution is -0.186. The molecule has 0 aliphatic carbocycles. The molecule has 0 aliphatic rings. The van der Waals surface area contributed by atoms with E-state index in [0.717, 1.165) is 7.05 Å². The van der Waals surface area contributed by atoms with E-state index in [1.165, 1.54) is 23.3 Å². The SMILES string of the molecule is C[C@@H](c1c(N)c(=O)n(-c2ccccc2)n1C)N(C)C(=O)C(F)(F)F. The molecule has 130 valence electrons. The molecule has 2 rings (SSSR count). The van der Waals surface area contributed by atoms with Crippen molar-refractivity contribution in [3.8, 4) is 5.69 Å². The minimum Gasteiger partial charge on any atom is -0.393 e. The number of carbonyl (C=O) groups is 1. The van der Waals surface area contributed by atoms with Crippen LogP contribution in [-0.2, 0) is 11.8 Å². The maximum absolute atomic E-state index is 12.6. The lowest BCUT2D eigenvalue weighted by Crippen LogP contribution is -2.40. The Morgan fingerprint density at radius 2 is 1.79 bits per heavy atom. The van der Waals surface area contributed by atoms with Crippen molar-refractivity contribution in [2.75, 3.05) is 12.8 Å². The summed E-state index contributed by atoms with van der Waals surface area (Å²) >= 11 is 0. The van der Waals surface area contributed by atoms with Gasteiger partial charge in [-0.25, -0.2) is 4.68 Å². The van der Waals surface area contributed by atoms with E-state index < -0.39 is 23.7 Å². The molecule has 0 radical (unpaired) electrons. The number of amides is 1. The van der Waals surface area contributed by atoms with Gasteiger partial charge in [0.05, 0.1) is 17.4 Å². The van der Waals surface area contributed by atoms with Crippen molar-refractivity contribution in [2.45, 2.75) is 19.1 Å². The molecule has 9 heteroatoms. The van der Waals surface area contributed by atoms with Crippen LogP contribution < -0.4 is 11.3 Å². The van der Waals surface area contributed by atoms with Gasteiger partial charge in [0.15, 0.2) is 0 Å². The first kappa shape index (κ1) is 17.6. The van der Waals surface area contributed by atoms with Crippen molar-refractivity contribution in [1.29, 1.82) is 0 Å². The molecule has 2 N–H and O–H groups in total. The number of halogens is 3. The van der Waals surface area contributed by atoms with Crippen LogP contribution in [0.5, 0.6) is 0 Å². The number of aromatic nitrogens is 2. The van der Waals surface area contributed by atoms with E-state index in [1.54, 1.807) is 30.3 Å². The first-order chi connectivity index (χ1) is 11.1. The zero-order chi connectivity index (χ0) is 18.2. The van der Waals surface area contributed by atoms with Crippen LogP contribution in [0, 0.1) is 0 Å². The minimum absolute atomic E-state index is 0.129. The average molecular weight is 342 g/mol. The Balaban J connectivity index is 2.53. The molecular formula is C15H17F3N4O2. The van der Waals surface area contributed by atoms with Crippen LogP contribution in [0.25, 0.3) is 5.69 Å². The third kappa shape index (κ3) is 2.89. The van der Waals surface area contributed by atoms with Crippen LogP contribution >= 0.6 is 0 Å². The molecule has 0 fully saturated rings. The van der Waals surface area contributed by atoms with Crippen molar-refractivity contribution in [3.63, 3.8) is 0 Å². The number of nitrogens with zero attached hydrogens (tertiary/aromatic N) is 3. The molecular weight excluding hydrogens is 325 g/mol. The second-order valence-electron chi connectivity index (χ2n) is 5.36. The van der Waals surface area contributed by atoms with Gasteiger partial charge in [0, 0.05) is 14.1 Å². The van der Waals surface area contributed by atoms with Gasteiger partial charge in [-0.1, -0.05) is 18.2 Å². The summed E-state index contributed by atoms with van der Waals surface area (Å²) in [5.41, 5.74) is 5.70. The first-order valence-corrected chi connectivity index (χ1v) is 7.04. The summed E-state index contributed by atoms with van der Waals surface area (Å²) in [6.45, 7) is 1.38. The van der Waals surface area contributed by atoms with Crippen LogP contribution in [0.4, 0.5) is 18.9 Å². The third-order valence-electron chi connectivity index (χ3n) is 3.89. The molecule has 6 nitrogen and oxygen atoms in total. The largest absolute Gasteiger partial charge is 0.471 e. The molecule has 0 bridgehead atoms. The van der Waals surface area contributed by atoms with Crippen LogP contribution in [0.3, 0.4) is 0 Å². The first-order valence-electron chi connectivity index (χ1n) is 7.04. The molecule has 1 heterocycles. The highest BCUT2D eigenvalue weighted by Crippen LogP contribution is 2.28. The van der Waals surface area contributed by atoms with Gasteiger partial charge in [0.1, 0.15) is 5.69 Å². The van der Waals surface area contributed by atoms with E-state index in [-0.39, 0.29) is 11.4 Å². The summed E-state index contributed by atoms with van der Waals surface area (Å²) in [4.78, 5) is 24.3. The molecule has 24 heavy (non-hydrogen) atoms. The second-order valence-corrected chi connectivity index (χ2v) is 5.36. The summed E-state index contributed by atoms with van der Waals surface area (Å²) in [6, 6.07) is 7.49. The van der Waals surface area contributed by atoms with E-state index in [0.29, 0.717) is 10.6 Å².